The van der Waals surface area contributed by atoms with Crippen molar-refractivity contribution in [3.8, 4) is 11.5 Å². The summed E-state index contributed by atoms with van der Waals surface area (Å²) in [6.45, 7) is 5.99. The zero-order valence-electron chi connectivity index (χ0n) is 15.7. The van der Waals surface area contributed by atoms with Crippen LogP contribution in [0, 0.1) is 5.92 Å². The average Bonchev–Trinajstić information content (AvgIpc) is 2.61. The maximum atomic E-state index is 12.4. The summed E-state index contributed by atoms with van der Waals surface area (Å²) in [6, 6.07) is 5.58. The van der Waals surface area contributed by atoms with Crippen molar-refractivity contribution < 1.29 is 22.7 Å². The Morgan fingerprint density at radius 3 is 2.58 bits per heavy atom. The molecule has 0 bridgehead atoms. The molecule has 1 heterocycles. The first-order valence-electron chi connectivity index (χ1n) is 8.96. The van der Waals surface area contributed by atoms with E-state index in [0.717, 1.165) is 5.56 Å². The average molecular weight is 384 g/mol. The van der Waals surface area contributed by atoms with Gasteiger partial charge in [0.05, 0.1) is 25.4 Å². The van der Waals surface area contributed by atoms with Crippen LogP contribution >= 0.6 is 0 Å². The lowest BCUT2D eigenvalue weighted by Gasteiger charge is -2.30. The maximum absolute atomic E-state index is 12.4. The molecule has 26 heavy (non-hydrogen) atoms. The smallest absolute Gasteiger partial charge is 0.224 e. The molecule has 1 aromatic rings. The maximum Gasteiger partial charge on any atom is 0.224 e. The third-order valence-corrected chi connectivity index (χ3v) is 5.57. The number of hydrogen-bond donors (Lipinski definition) is 1. The number of piperidine rings is 1. The first-order valence-corrected chi connectivity index (χ1v) is 10.8. The number of amides is 1. The highest BCUT2D eigenvalue weighted by Crippen LogP contribution is 2.28. The largest absolute Gasteiger partial charge is 0.490 e. The number of carbonyl (C=O) groups is 1. The fourth-order valence-electron chi connectivity index (χ4n) is 3.00. The molecule has 1 fully saturated rings. The monoisotopic (exact) mass is 384 g/mol. The molecule has 1 aliphatic heterocycles. The van der Waals surface area contributed by atoms with Gasteiger partial charge in [0.1, 0.15) is 0 Å². The molecule has 1 atom stereocenters. The van der Waals surface area contributed by atoms with Crippen LogP contribution in [0.25, 0.3) is 0 Å². The third-order valence-electron chi connectivity index (χ3n) is 4.30. The molecule has 7 nitrogen and oxygen atoms in total. The molecular formula is C18H28N2O5S. The van der Waals surface area contributed by atoms with Crippen LogP contribution in [-0.2, 0) is 21.4 Å². The quantitative estimate of drug-likeness (QED) is 0.738. The number of nitrogens with zero attached hydrogens (tertiary/aromatic N) is 1. The predicted octanol–water partition coefficient (Wildman–Crippen LogP) is 1.77. The molecule has 8 heteroatoms. The summed E-state index contributed by atoms with van der Waals surface area (Å²) in [4.78, 5) is 12.4. The summed E-state index contributed by atoms with van der Waals surface area (Å²) >= 11 is 0. The molecule has 0 radical (unpaired) electrons. The van der Waals surface area contributed by atoms with E-state index in [-0.39, 0.29) is 18.4 Å². The van der Waals surface area contributed by atoms with E-state index in [4.69, 9.17) is 9.47 Å². The standard InChI is InChI=1S/C18H28N2O5S/c1-4-24-16-9-8-14(11-17(16)25-5-2)12-19-18(21)15-7-6-10-20(13-15)26(3,22)23/h8-9,11,15H,4-7,10,12-13H2,1-3H3,(H,19,21). The lowest BCUT2D eigenvalue weighted by Crippen LogP contribution is -2.44. The van der Waals surface area contributed by atoms with E-state index < -0.39 is 10.0 Å². The van der Waals surface area contributed by atoms with Crippen LogP contribution in [0.15, 0.2) is 18.2 Å². The Bertz CT molecular complexity index is 720. The van der Waals surface area contributed by atoms with Gasteiger partial charge in [-0.1, -0.05) is 6.07 Å². The highest BCUT2D eigenvalue weighted by Gasteiger charge is 2.29. The van der Waals surface area contributed by atoms with Crippen LogP contribution in [0.3, 0.4) is 0 Å². The molecule has 1 N–H and O–H groups in total. The SMILES string of the molecule is CCOc1ccc(CNC(=O)C2CCCN(S(C)(=O)=O)C2)cc1OCC. The van der Waals surface area contributed by atoms with Crippen LogP contribution in [0.5, 0.6) is 11.5 Å². The summed E-state index contributed by atoms with van der Waals surface area (Å²) in [5.74, 6) is 0.903. The van der Waals surface area contributed by atoms with Crippen molar-refractivity contribution in [2.24, 2.45) is 5.92 Å². The van der Waals surface area contributed by atoms with Crippen LogP contribution in [0.1, 0.15) is 32.3 Å². The lowest BCUT2D eigenvalue weighted by atomic mass is 9.98. The van der Waals surface area contributed by atoms with E-state index >= 15 is 0 Å². The fourth-order valence-corrected chi connectivity index (χ4v) is 3.91. The van der Waals surface area contributed by atoms with Gasteiger partial charge in [-0.05, 0) is 44.4 Å². The minimum atomic E-state index is -3.26. The van der Waals surface area contributed by atoms with Gasteiger partial charge < -0.3 is 14.8 Å². The summed E-state index contributed by atoms with van der Waals surface area (Å²) in [5, 5.41) is 2.90. The summed E-state index contributed by atoms with van der Waals surface area (Å²) < 4.78 is 35.9. The molecule has 1 aliphatic rings. The van der Waals surface area contributed by atoms with Crippen LogP contribution in [0.4, 0.5) is 0 Å². The second-order valence-corrected chi connectivity index (χ2v) is 8.31. The van der Waals surface area contributed by atoms with E-state index in [1.165, 1.54) is 10.6 Å². The van der Waals surface area contributed by atoms with Crippen molar-refractivity contribution in [3.63, 3.8) is 0 Å². The lowest BCUT2D eigenvalue weighted by molar-refractivity contribution is -0.126. The van der Waals surface area contributed by atoms with Crippen LogP contribution in [0.2, 0.25) is 0 Å². The van der Waals surface area contributed by atoms with Gasteiger partial charge in [0.2, 0.25) is 15.9 Å². The molecule has 1 saturated heterocycles. The molecule has 0 spiro atoms. The first-order chi connectivity index (χ1) is 12.3. The normalized spacial score (nSPS) is 18.3. The predicted molar refractivity (Wildman–Crippen MR) is 99.8 cm³/mol. The molecule has 0 saturated carbocycles. The van der Waals surface area contributed by atoms with Gasteiger partial charge in [-0.15, -0.1) is 0 Å². The zero-order valence-corrected chi connectivity index (χ0v) is 16.5. The number of nitrogens with one attached hydrogen (secondary N) is 1. The molecule has 146 valence electrons. The number of benzene rings is 1. The van der Waals surface area contributed by atoms with Crippen molar-refractivity contribution in [2.45, 2.75) is 33.2 Å². The number of sulfonamides is 1. The highest BCUT2D eigenvalue weighted by molar-refractivity contribution is 7.88. The number of hydrogen-bond acceptors (Lipinski definition) is 5. The molecular weight excluding hydrogens is 356 g/mol. The number of carbonyl (C=O) groups excluding carboxylic acids is 1. The minimum Gasteiger partial charge on any atom is -0.490 e. The van der Waals surface area contributed by atoms with Gasteiger partial charge >= 0.3 is 0 Å². The zero-order chi connectivity index (χ0) is 19.2. The second-order valence-electron chi connectivity index (χ2n) is 6.33. The van der Waals surface area contributed by atoms with Crippen molar-refractivity contribution >= 4 is 15.9 Å². The molecule has 1 amide bonds. The van der Waals surface area contributed by atoms with E-state index in [1.807, 2.05) is 32.0 Å². The topological polar surface area (TPSA) is 84.9 Å². The Kier molecular flexibility index (Phi) is 7.28. The van der Waals surface area contributed by atoms with Crippen LogP contribution in [-0.4, -0.2) is 51.2 Å². The Balaban J connectivity index is 1.97. The highest BCUT2D eigenvalue weighted by atomic mass is 32.2. The van der Waals surface area contributed by atoms with Gasteiger partial charge in [-0.2, -0.15) is 0 Å². The first kappa shape index (κ1) is 20.5. The van der Waals surface area contributed by atoms with E-state index in [1.54, 1.807) is 0 Å². The summed E-state index contributed by atoms with van der Waals surface area (Å²) in [7, 11) is -3.26. The van der Waals surface area contributed by atoms with Crippen molar-refractivity contribution in [2.75, 3.05) is 32.6 Å². The van der Waals surface area contributed by atoms with Gasteiger partial charge in [0, 0.05) is 19.6 Å². The van der Waals surface area contributed by atoms with Gasteiger partial charge in [-0.3, -0.25) is 4.79 Å². The van der Waals surface area contributed by atoms with Crippen molar-refractivity contribution in [1.29, 1.82) is 0 Å². The van der Waals surface area contributed by atoms with E-state index in [9.17, 15) is 13.2 Å². The van der Waals surface area contributed by atoms with Gasteiger partial charge in [0.15, 0.2) is 11.5 Å². The van der Waals surface area contributed by atoms with Gasteiger partial charge in [-0.25, -0.2) is 12.7 Å². The van der Waals surface area contributed by atoms with Gasteiger partial charge in [0.25, 0.3) is 0 Å². The number of rotatable bonds is 8. The van der Waals surface area contributed by atoms with Crippen molar-refractivity contribution in [3.05, 3.63) is 23.8 Å². The molecule has 0 aromatic heterocycles. The second kappa shape index (κ2) is 9.23. The molecule has 0 aliphatic carbocycles. The van der Waals surface area contributed by atoms with E-state index in [2.05, 4.69) is 5.32 Å². The molecule has 2 rings (SSSR count). The fraction of sp³-hybridized carbons (Fsp3) is 0.611. The Morgan fingerprint density at radius 2 is 1.92 bits per heavy atom. The molecule has 1 aromatic carbocycles. The molecule has 1 unspecified atom stereocenters. The Labute approximate surface area is 155 Å². The van der Waals surface area contributed by atoms with Crippen molar-refractivity contribution in [1.82, 2.24) is 9.62 Å². The van der Waals surface area contributed by atoms with E-state index in [0.29, 0.717) is 50.6 Å². The Hall–Kier alpha value is -1.80. The Morgan fingerprint density at radius 1 is 1.23 bits per heavy atom. The minimum absolute atomic E-state index is 0.120. The third kappa shape index (κ3) is 5.60. The number of ether oxygens (including phenoxy) is 2. The van der Waals surface area contributed by atoms with Crippen LogP contribution < -0.4 is 14.8 Å². The summed E-state index contributed by atoms with van der Waals surface area (Å²) in [5.41, 5.74) is 0.904. The summed E-state index contributed by atoms with van der Waals surface area (Å²) in [6.07, 6.45) is 2.58.